The number of methoxy groups -OCH3 is 1. The molecule has 0 saturated carbocycles. The molecule has 0 N–H and O–H groups in total. The molecule has 1 aromatic heterocycles. The maximum absolute atomic E-state index is 14.2. The van der Waals surface area contributed by atoms with Gasteiger partial charge in [-0.1, -0.05) is 29.8 Å². The Labute approximate surface area is 214 Å². The summed E-state index contributed by atoms with van der Waals surface area (Å²) in [6, 6.07) is 7.72. The Bertz CT molecular complexity index is 1030. The number of hydrogen-bond donors (Lipinski definition) is 0. The van der Waals surface area contributed by atoms with E-state index in [1.165, 1.54) is 0 Å². The second-order valence-electron chi connectivity index (χ2n) is 10.6. The summed E-state index contributed by atoms with van der Waals surface area (Å²) in [7, 11) is 1.70. The average Bonchev–Trinajstić information content (AvgIpc) is 3.07. The number of piperidine rings is 1. The fourth-order valence-electron chi connectivity index (χ4n) is 4.84. The van der Waals surface area contributed by atoms with E-state index >= 15 is 0 Å². The Balaban J connectivity index is 1.92. The van der Waals surface area contributed by atoms with Crippen LogP contribution in [0.4, 0.5) is 4.79 Å². The molecule has 1 aromatic carbocycles. The van der Waals surface area contributed by atoms with Gasteiger partial charge in [0.05, 0.1) is 16.6 Å². The highest BCUT2D eigenvalue weighted by Gasteiger charge is 2.36. The minimum absolute atomic E-state index is 0.0536. The lowest BCUT2D eigenvalue weighted by molar-refractivity contribution is 0.00734. The monoisotopic (exact) mass is 505 g/mol. The van der Waals surface area contributed by atoms with Crippen LogP contribution in [0.2, 0.25) is 5.02 Å². The topological polar surface area (TPSA) is 64.0 Å². The van der Waals surface area contributed by atoms with Crippen molar-refractivity contribution in [2.45, 2.75) is 84.5 Å². The van der Waals surface area contributed by atoms with E-state index in [-0.39, 0.29) is 24.1 Å². The van der Waals surface area contributed by atoms with E-state index in [2.05, 4.69) is 4.57 Å². The Morgan fingerprint density at radius 2 is 1.91 bits per heavy atom. The van der Waals surface area contributed by atoms with Crippen molar-refractivity contribution >= 4 is 34.5 Å². The van der Waals surface area contributed by atoms with Crippen LogP contribution in [0.25, 0.3) is 10.9 Å². The number of carbonyl (C=O) groups is 2. The first-order chi connectivity index (χ1) is 16.5. The van der Waals surface area contributed by atoms with E-state index in [1.807, 2.05) is 63.8 Å². The highest BCUT2D eigenvalue weighted by Crippen LogP contribution is 2.33. The highest BCUT2D eigenvalue weighted by atomic mass is 35.5. The summed E-state index contributed by atoms with van der Waals surface area (Å²) >= 11 is 6.86. The lowest BCUT2D eigenvalue weighted by atomic mass is 10.0. The van der Waals surface area contributed by atoms with Gasteiger partial charge in [-0.2, -0.15) is 0 Å². The number of benzene rings is 1. The van der Waals surface area contributed by atoms with Gasteiger partial charge in [-0.05, 0) is 66.4 Å². The van der Waals surface area contributed by atoms with Crippen molar-refractivity contribution in [3.63, 3.8) is 0 Å². The van der Waals surface area contributed by atoms with E-state index in [9.17, 15) is 9.59 Å². The van der Waals surface area contributed by atoms with E-state index < -0.39 is 5.60 Å². The van der Waals surface area contributed by atoms with E-state index in [4.69, 9.17) is 21.1 Å². The Kier molecular flexibility index (Phi) is 9.11. The fourth-order valence-corrected chi connectivity index (χ4v) is 5.18. The number of amides is 2. The summed E-state index contributed by atoms with van der Waals surface area (Å²) in [5.41, 5.74) is 0.920. The number of aromatic nitrogens is 1. The number of aryl methyl sites for hydroxylation is 1. The lowest BCUT2D eigenvalue weighted by Crippen LogP contribution is -2.54. The molecule has 0 unspecified atom stereocenters. The predicted octanol–water partition coefficient (Wildman–Crippen LogP) is 5.97. The van der Waals surface area contributed by atoms with Crippen molar-refractivity contribution in [1.82, 2.24) is 14.4 Å². The highest BCUT2D eigenvalue weighted by molar-refractivity contribution is 6.38. The zero-order chi connectivity index (χ0) is 25.8. The van der Waals surface area contributed by atoms with Crippen molar-refractivity contribution in [2.75, 3.05) is 26.8 Å². The van der Waals surface area contributed by atoms with Crippen molar-refractivity contribution in [1.29, 1.82) is 0 Å². The number of nitrogens with zero attached hydrogens (tertiary/aromatic N) is 3. The predicted molar refractivity (Wildman–Crippen MR) is 140 cm³/mol. The van der Waals surface area contributed by atoms with Gasteiger partial charge in [0.15, 0.2) is 0 Å². The lowest BCUT2D eigenvalue weighted by Gasteiger charge is -2.41. The van der Waals surface area contributed by atoms with Crippen molar-refractivity contribution in [2.24, 2.45) is 0 Å². The van der Waals surface area contributed by atoms with Gasteiger partial charge >= 0.3 is 6.09 Å². The standard InChI is InChI=1S/C27H40ClN3O4/c1-19(2)31(20-12-11-15-29(18-20)26(33)35-27(3,4)5)25(32)24-23(28)21-13-7-8-14-22(21)30(24)16-9-10-17-34-6/h7-8,13-14,19-20H,9-12,15-18H2,1-6H3/t20-/m1/s1. The van der Waals surface area contributed by atoms with Gasteiger partial charge in [-0.15, -0.1) is 0 Å². The van der Waals surface area contributed by atoms with E-state index in [0.29, 0.717) is 37.0 Å². The summed E-state index contributed by atoms with van der Waals surface area (Å²) in [5.74, 6) is -0.0935. The van der Waals surface area contributed by atoms with Gasteiger partial charge in [0, 0.05) is 44.8 Å². The number of para-hydroxylation sites is 1. The third kappa shape index (κ3) is 6.50. The van der Waals surface area contributed by atoms with Crippen LogP contribution in [0.3, 0.4) is 0 Å². The number of hydrogen-bond acceptors (Lipinski definition) is 4. The zero-order valence-corrected chi connectivity index (χ0v) is 22.7. The van der Waals surface area contributed by atoms with Crippen molar-refractivity contribution in [3.8, 4) is 0 Å². The molecule has 0 bridgehead atoms. The normalized spacial score (nSPS) is 16.7. The van der Waals surface area contributed by atoms with Crippen LogP contribution in [-0.4, -0.2) is 70.9 Å². The number of likely N-dealkylation sites (tertiary alicyclic amines) is 1. The molecule has 3 rings (SSSR count). The van der Waals surface area contributed by atoms with Crippen LogP contribution in [-0.2, 0) is 16.0 Å². The molecule has 2 heterocycles. The van der Waals surface area contributed by atoms with Crippen LogP contribution in [0, 0.1) is 0 Å². The molecule has 1 atom stereocenters. The molecule has 2 amide bonds. The van der Waals surface area contributed by atoms with Crippen LogP contribution in [0.15, 0.2) is 24.3 Å². The molecule has 1 aliphatic heterocycles. The number of fused-ring (bicyclic) bond motifs is 1. The maximum Gasteiger partial charge on any atom is 0.410 e. The first kappa shape index (κ1) is 27.3. The molecule has 1 fully saturated rings. The maximum atomic E-state index is 14.2. The molecule has 7 nitrogen and oxygen atoms in total. The van der Waals surface area contributed by atoms with Crippen LogP contribution in [0.1, 0.15) is 70.8 Å². The quantitative estimate of drug-likeness (QED) is 0.414. The molecule has 1 aliphatic rings. The number of ether oxygens (including phenoxy) is 2. The zero-order valence-electron chi connectivity index (χ0n) is 22.0. The van der Waals surface area contributed by atoms with Gasteiger partial charge in [0.1, 0.15) is 11.3 Å². The van der Waals surface area contributed by atoms with Gasteiger partial charge in [-0.25, -0.2) is 4.79 Å². The fraction of sp³-hybridized carbons (Fsp3) is 0.630. The minimum atomic E-state index is -0.561. The third-order valence-electron chi connectivity index (χ3n) is 6.32. The SMILES string of the molecule is COCCCCn1c(C(=O)N(C(C)C)[C@@H]2CCCN(C(=O)OC(C)(C)C)C2)c(Cl)c2ccccc21. The first-order valence-corrected chi connectivity index (χ1v) is 13.0. The van der Waals surface area contributed by atoms with Crippen LogP contribution in [0.5, 0.6) is 0 Å². The minimum Gasteiger partial charge on any atom is -0.444 e. The van der Waals surface area contributed by atoms with E-state index in [1.54, 1.807) is 12.0 Å². The number of carbonyl (C=O) groups excluding carboxylic acids is 2. The average molecular weight is 506 g/mol. The third-order valence-corrected chi connectivity index (χ3v) is 6.71. The van der Waals surface area contributed by atoms with Crippen LogP contribution >= 0.6 is 11.6 Å². The molecule has 0 radical (unpaired) electrons. The summed E-state index contributed by atoms with van der Waals surface area (Å²) in [4.78, 5) is 30.5. The van der Waals surface area contributed by atoms with Crippen molar-refractivity contribution < 1.29 is 19.1 Å². The second-order valence-corrected chi connectivity index (χ2v) is 10.9. The molecular formula is C27H40ClN3O4. The Morgan fingerprint density at radius 1 is 1.20 bits per heavy atom. The molecule has 8 heteroatoms. The number of unbranched alkanes of at least 4 members (excludes halogenated alkanes) is 1. The summed E-state index contributed by atoms with van der Waals surface area (Å²) in [6.45, 7) is 12.1. The van der Waals surface area contributed by atoms with E-state index in [0.717, 1.165) is 36.6 Å². The van der Waals surface area contributed by atoms with Gasteiger partial charge in [-0.3, -0.25) is 4.79 Å². The molecule has 35 heavy (non-hydrogen) atoms. The molecule has 0 spiro atoms. The Morgan fingerprint density at radius 3 is 2.57 bits per heavy atom. The molecule has 1 saturated heterocycles. The summed E-state index contributed by atoms with van der Waals surface area (Å²) < 4.78 is 12.9. The summed E-state index contributed by atoms with van der Waals surface area (Å²) in [6.07, 6.45) is 3.09. The Hall–Kier alpha value is -2.25. The molecular weight excluding hydrogens is 466 g/mol. The summed E-state index contributed by atoms with van der Waals surface area (Å²) in [5, 5.41) is 1.37. The number of rotatable bonds is 8. The van der Waals surface area contributed by atoms with Crippen molar-refractivity contribution in [3.05, 3.63) is 35.0 Å². The molecule has 2 aromatic rings. The second kappa shape index (κ2) is 11.7. The number of halogens is 1. The molecule has 194 valence electrons. The van der Waals surface area contributed by atoms with Gasteiger partial charge < -0.3 is 23.8 Å². The first-order valence-electron chi connectivity index (χ1n) is 12.6. The van der Waals surface area contributed by atoms with Gasteiger partial charge in [0.2, 0.25) is 0 Å². The molecule has 0 aliphatic carbocycles. The largest absolute Gasteiger partial charge is 0.444 e. The smallest absolute Gasteiger partial charge is 0.410 e. The van der Waals surface area contributed by atoms with Gasteiger partial charge in [0.25, 0.3) is 5.91 Å². The van der Waals surface area contributed by atoms with Crippen LogP contribution < -0.4 is 0 Å².